The van der Waals surface area contributed by atoms with Crippen LogP contribution in [0.4, 0.5) is 20.8 Å². The van der Waals surface area contributed by atoms with Crippen LogP contribution in [0.1, 0.15) is 0 Å². The Morgan fingerprint density at radius 3 is 2.41 bits per heavy atom. The Morgan fingerprint density at radius 2 is 1.70 bits per heavy atom. The van der Waals surface area contributed by atoms with Crippen LogP contribution in [0.2, 0.25) is 5.02 Å². The van der Waals surface area contributed by atoms with Gasteiger partial charge < -0.3 is 28.8 Å². The molecular weight excluding hydrogens is 623 g/mol. The highest BCUT2D eigenvalue weighted by Gasteiger charge is 2.24. The number of nitrogens with zero attached hydrogens (tertiary/aromatic N) is 3. The van der Waals surface area contributed by atoms with Gasteiger partial charge in [-0.1, -0.05) is 34.3 Å². The van der Waals surface area contributed by atoms with Gasteiger partial charge >= 0.3 is 6.09 Å². The fourth-order valence-corrected chi connectivity index (χ4v) is 4.65. The van der Waals surface area contributed by atoms with Crippen LogP contribution in [-0.4, -0.2) is 63.1 Å². The zero-order valence-electron chi connectivity index (χ0n) is 23.1. The Balaban J connectivity index is 1.55. The number of benzene rings is 3. The molecule has 44 heavy (non-hydrogen) atoms. The molecule has 0 radical (unpaired) electrons. The number of nitrogens with one attached hydrogen (secondary N) is 1. The van der Waals surface area contributed by atoms with Gasteiger partial charge in [0.2, 0.25) is 5.75 Å². The predicted octanol–water partition coefficient (Wildman–Crippen LogP) is 5.01. The molecule has 0 spiro atoms. The van der Waals surface area contributed by atoms with E-state index in [2.05, 4.69) is 14.7 Å². The molecule has 3 aromatic carbocycles. The predicted molar refractivity (Wildman–Crippen MR) is 157 cm³/mol. The number of carbonyl (C=O) groups is 1. The van der Waals surface area contributed by atoms with Crippen LogP contribution >= 0.6 is 11.6 Å². The van der Waals surface area contributed by atoms with Gasteiger partial charge in [0.1, 0.15) is 43.4 Å². The number of hydrogen-bond acceptors (Lipinski definition) is 11. The van der Waals surface area contributed by atoms with E-state index in [0.29, 0.717) is 11.5 Å². The zero-order valence-corrected chi connectivity index (χ0v) is 24.6. The van der Waals surface area contributed by atoms with E-state index in [1.54, 1.807) is 24.3 Å². The molecular formula is C28H26ClFN4O9S. The maximum atomic E-state index is 14.3. The van der Waals surface area contributed by atoms with Gasteiger partial charge in [0.05, 0.1) is 29.3 Å². The number of aliphatic hydroxyl groups excluding tert-OH is 1. The summed E-state index contributed by atoms with van der Waals surface area (Å²) in [6.45, 7) is -0.889. The van der Waals surface area contributed by atoms with Gasteiger partial charge in [0, 0.05) is 6.07 Å². The lowest BCUT2D eigenvalue weighted by Gasteiger charge is -2.17. The first kappa shape index (κ1) is 32.1. The molecule has 13 nitrogen and oxygen atoms in total. The minimum Gasteiger partial charge on any atom is -0.497 e. The number of anilines is 2. The van der Waals surface area contributed by atoms with Gasteiger partial charge in [-0.05, 0) is 48.5 Å². The van der Waals surface area contributed by atoms with Gasteiger partial charge in [0.15, 0.2) is 5.82 Å². The molecule has 0 unspecified atom stereocenters. The molecule has 0 aliphatic heterocycles. The van der Waals surface area contributed by atoms with Gasteiger partial charge in [-0.2, -0.15) is 4.98 Å². The molecule has 16 heteroatoms. The standard InChI is InChI=1S/C28H26ClFN4O9S/c1-39-21-9-12-23(29)24(17-21)43-25-26(33-44(37,38)22-10-7-20(8-11-22)40-14-13-35)31-18-32-27(25)41-15-16-42-28(36)34(30)19-5-3-2-4-6-19/h2-12,17-18,35H,13-16H2,1H3,(H,31,32,33). The van der Waals surface area contributed by atoms with E-state index in [-0.39, 0.29) is 63.7 Å². The van der Waals surface area contributed by atoms with Crippen molar-refractivity contribution in [3.63, 3.8) is 0 Å². The Kier molecular flexibility index (Phi) is 11.0. The van der Waals surface area contributed by atoms with E-state index < -0.39 is 22.7 Å². The number of ether oxygens (including phenoxy) is 5. The molecule has 4 aromatic rings. The number of aromatic nitrogens is 2. The second kappa shape index (κ2) is 15.0. The summed E-state index contributed by atoms with van der Waals surface area (Å²) in [7, 11) is -2.80. The number of hydrogen-bond donors (Lipinski definition) is 2. The lowest BCUT2D eigenvalue weighted by Crippen LogP contribution is -2.25. The topological polar surface area (TPSA) is 159 Å². The average Bonchev–Trinajstić information content (AvgIpc) is 3.04. The van der Waals surface area contributed by atoms with Crippen LogP contribution in [0.3, 0.4) is 0 Å². The number of methoxy groups -OCH3 is 1. The summed E-state index contributed by atoms with van der Waals surface area (Å²) >= 11 is 6.30. The summed E-state index contributed by atoms with van der Waals surface area (Å²) in [4.78, 5) is 20.0. The molecule has 0 fully saturated rings. The smallest absolute Gasteiger partial charge is 0.443 e. The minimum absolute atomic E-state index is 0.0238. The van der Waals surface area contributed by atoms with E-state index in [4.69, 9.17) is 40.4 Å². The van der Waals surface area contributed by atoms with Crippen LogP contribution in [0.5, 0.6) is 28.9 Å². The van der Waals surface area contributed by atoms with Crippen LogP contribution in [0.25, 0.3) is 0 Å². The van der Waals surface area contributed by atoms with E-state index in [1.165, 1.54) is 55.6 Å². The van der Waals surface area contributed by atoms with Crippen molar-refractivity contribution in [2.45, 2.75) is 4.90 Å². The maximum Gasteiger partial charge on any atom is 0.443 e. The number of sulfonamides is 1. The molecule has 2 N–H and O–H groups in total. The van der Waals surface area contributed by atoms with Crippen molar-refractivity contribution >= 4 is 39.2 Å². The summed E-state index contributed by atoms with van der Waals surface area (Å²) in [5.41, 5.74) is -0.0238. The fourth-order valence-electron chi connectivity index (χ4n) is 3.48. The normalized spacial score (nSPS) is 10.9. The van der Waals surface area contributed by atoms with E-state index in [9.17, 15) is 17.7 Å². The fraction of sp³-hybridized carbons (Fsp3) is 0.179. The van der Waals surface area contributed by atoms with Crippen LogP contribution in [-0.2, 0) is 14.8 Å². The zero-order chi connectivity index (χ0) is 31.5. The maximum absolute atomic E-state index is 14.3. The Labute approximate surface area is 256 Å². The van der Waals surface area contributed by atoms with Gasteiger partial charge in [-0.3, -0.25) is 4.72 Å². The highest BCUT2D eigenvalue weighted by molar-refractivity contribution is 7.92. The number of amides is 1. The van der Waals surface area contributed by atoms with E-state index in [0.717, 1.165) is 6.33 Å². The number of halogens is 2. The second-order valence-electron chi connectivity index (χ2n) is 8.48. The molecule has 4 rings (SSSR count). The molecule has 1 aromatic heterocycles. The van der Waals surface area contributed by atoms with Crippen LogP contribution < -0.4 is 28.8 Å². The lowest BCUT2D eigenvalue weighted by molar-refractivity contribution is 0.118. The third-order valence-electron chi connectivity index (χ3n) is 5.54. The lowest BCUT2D eigenvalue weighted by atomic mass is 10.3. The van der Waals surface area contributed by atoms with Crippen molar-refractivity contribution in [1.82, 2.24) is 9.97 Å². The van der Waals surface area contributed by atoms with Crippen molar-refractivity contribution in [2.75, 3.05) is 43.4 Å². The quantitative estimate of drug-likeness (QED) is 0.140. The van der Waals surface area contributed by atoms with Crippen molar-refractivity contribution < 1.29 is 46.5 Å². The number of rotatable bonds is 14. The van der Waals surface area contributed by atoms with E-state index in [1.807, 2.05) is 0 Å². The largest absolute Gasteiger partial charge is 0.497 e. The van der Waals surface area contributed by atoms with Crippen molar-refractivity contribution in [1.29, 1.82) is 0 Å². The molecule has 0 aliphatic rings. The number of para-hydroxylation sites is 1. The minimum atomic E-state index is -4.23. The Bertz CT molecular complexity index is 1670. The third-order valence-corrected chi connectivity index (χ3v) is 7.20. The molecule has 232 valence electrons. The van der Waals surface area contributed by atoms with Crippen molar-refractivity contribution in [3.8, 4) is 28.9 Å². The molecule has 1 amide bonds. The van der Waals surface area contributed by atoms with Gasteiger partial charge in [-0.15, -0.1) is 5.12 Å². The Morgan fingerprint density at radius 1 is 0.977 bits per heavy atom. The molecule has 0 aliphatic carbocycles. The Hall–Kier alpha value is -4.86. The second-order valence-corrected chi connectivity index (χ2v) is 10.6. The van der Waals surface area contributed by atoms with E-state index >= 15 is 0 Å². The van der Waals surface area contributed by atoms with Gasteiger partial charge in [-0.25, -0.2) is 18.2 Å². The molecule has 0 bridgehead atoms. The van der Waals surface area contributed by atoms with Crippen molar-refractivity contribution in [3.05, 3.63) is 84.1 Å². The third kappa shape index (κ3) is 8.37. The molecule has 0 saturated heterocycles. The number of carbonyl (C=O) groups excluding carboxylic acids is 1. The first-order chi connectivity index (χ1) is 21.2. The SMILES string of the molecule is COc1ccc(Cl)c(Oc2c(NS(=O)(=O)c3ccc(OCCO)cc3)ncnc2OCCOC(=O)N(F)c2ccccc2)c1. The summed E-state index contributed by atoms with van der Waals surface area (Å²) in [5.74, 6) is -0.0509. The highest BCUT2D eigenvalue weighted by atomic mass is 35.5. The summed E-state index contributed by atoms with van der Waals surface area (Å²) < 4.78 is 70.0. The van der Waals surface area contributed by atoms with Crippen LogP contribution in [0, 0.1) is 0 Å². The number of aliphatic hydroxyl groups is 1. The molecule has 0 saturated carbocycles. The molecule has 0 atom stereocenters. The summed E-state index contributed by atoms with van der Waals surface area (Å²) in [6.07, 6.45) is -0.257. The first-order valence-electron chi connectivity index (χ1n) is 12.7. The first-order valence-corrected chi connectivity index (χ1v) is 14.6. The summed E-state index contributed by atoms with van der Waals surface area (Å²) in [5, 5.41) is 8.89. The summed E-state index contributed by atoms with van der Waals surface area (Å²) in [6, 6.07) is 17.5. The highest BCUT2D eigenvalue weighted by Crippen LogP contribution is 2.40. The monoisotopic (exact) mass is 648 g/mol. The van der Waals surface area contributed by atoms with Gasteiger partial charge in [0.25, 0.3) is 15.9 Å². The van der Waals surface area contributed by atoms with Crippen LogP contribution in [0.15, 0.2) is 84.0 Å². The molecule has 1 heterocycles. The average molecular weight is 649 g/mol. The van der Waals surface area contributed by atoms with Crippen molar-refractivity contribution in [2.24, 2.45) is 0 Å².